The quantitative estimate of drug-likeness (QED) is 0.275. The molecule has 3 aliphatic rings. The molecule has 3 fully saturated rings. The van der Waals surface area contributed by atoms with Gasteiger partial charge in [-0.3, -0.25) is 9.48 Å². The van der Waals surface area contributed by atoms with Crippen molar-refractivity contribution in [1.29, 1.82) is 0 Å². The van der Waals surface area contributed by atoms with Crippen molar-refractivity contribution < 1.29 is 14.3 Å². The average Bonchev–Trinajstić information content (AvgIpc) is 3.63. The van der Waals surface area contributed by atoms with E-state index >= 15 is 0 Å². The monoisotopic (exact) mass is 661 g/mol. The van der Waals surface area contributed by atoms with E-state index in [0.717, 1.165) is 62.3 Å². The Kier molecular flexibility index (Phi) is 11.0. The van der Waals surface area contributed by atoms with Crippen molar-refractivity contribution in [3.8, 4) is 5.75 Å². The molecule has 47 heavy (non-hydrogen) atoms. The summed E-state index contributed by atoms with van der Waals surface area (Å²) in [6.07, 6.45) is 14.0. The minimum absolute atomic E-state index is 0.108. The van der Waals surface area contributed by atoms with E-state index < -0.39 is 0 Å². The van der Waals surface area contributed by atoms with Gasteiger partial charge in [-0.25, -0.2) is 9.78 Å². The summed E-state index contributed by atoms with van der Waals surface area (Å²) in [4.78, 5) is 35.4. The normalized spacial score (nSPS) is 19.7. The van der Waals surface area contributed by atoms with E-state index in [-0.39, 0.29) is 29.4 Å². The number of ether oxygens (including phenoxy) is 1. The molecule has 0 radical (unpaired) electrons. The summed E-state index contributed by atoms with van der Waals surface area (Å²) in [5.74, 6) is 1.57. The zero-order valence-corrected chi connectivity index (χ0v) is 28.2. The molecule has 3 heterocycles. The van der Waals surface area contributed by atoms with Crippen molar-refractivity contribution in [2.45, 2.75) is 82.8 Å². The Labute approximate surface area is 283 Å². The highest BCUT2D eigenvalue weighted by Gasteiger charge is 2.44. The van der Waals surface area contributed by atoms with Gasteiger partial charge in [-0.15, -0.1) is 0 Å². The standard InChI is InChI=1S/C36H48ClN7O3/c1-47-32-13-11-30(12-14-32)41-35(46)43-19-15-31(16-20-43)40-33(23-27-7-9-29(37)10-8-27)34(45)42-21-17-36(18-22-42,24-44-26-38-25-39-44)28-5-3-2-4-6-28/h7-14,25-26,28,31,33,40H,2-6,15-24H2,1H3,(H,41,46)/t33-/m1/s1. The van der Waals surface area contributed by atoms with Gasteiger partial charge in [0.15, 0.2) is 0 Å². The number of aromatic nitrogens is 3. The van der Waals surface area contributed by atoms with Crippen LogP contribution in [0.1, 0.15) is 63.4 Å². The predicted molar refractivity (Wildman–Crippen MR) is 184 cm³/mol. The third-order valence-electron chi connectivity index (χ3n) is 10.7. The van der Waals surface area contributed by atoms with E-state index in [0.29, 0.717) is 30.5 Å². The van der Waals surface area contributed by atoms with Crippen LogP contribution < -0.4 is 15.4 Å². The van der Waals surface area contributed by atoms with Crippen molar-refractivity contribution in [3.63, 3.8) is 0 Å². The number of rotatable bonds is 10. The van der Waals surface area contributed by atoms with Crippen LogP contribution in [0.3, 0.4) is 0 Å². The van der Waals surface area contributed by atoms with E-state index in [1.54, 1.807) is 13.4 Å². The fourth-order valence-electron chi connectivity index (χ4n) is 7.92. The lowest BCUT2D eigenvalue weighted by Crippen LogP contribution is -2.56. The Balaban J connectivity index is 1.09. The number of nitrogens with one attached hydrogen (secondary N) is 2. The number of carbonyl (C=O) groups is 2. The lowest BCUT2D eigenvalue weighted by atomic mass is 9.63. The number of carbonyl (C=O) groups excluding carboxylic acids is 2. The Bertz CT molecular complexity index is 1430. The molecule has 3 aromatic rings. The second kappa shape index (κ2) is 15.5. The van der Waals surface area contributed by atoms with Crippen LogP contribution in [0.4, 0.5) is 10.5 Å². The molecule has 1 aromatic heterocycles. The lowest BCUT2D eigenvalue weighted by molar-refractivity contribution is -0.137. The largest absolute Gasteiger partial charge is 0.497 e. The SMILES string of the molecule is COc1ccc(NC(=O)N2CCC(N[C@H](Cc3ccc(Cl)cc3)C(=O)N3CCC(Cn4cncn4)(C4CCCCC4)CC3)CC2)cc1. The highest BCUT2D eigenvalue weighted by atomic mass is 35.5. The topological polar surface area (TPSA) is 105 Å². The molecule has 11 heteroatoms. The van der Waals surface area contributed by atoms with Gasteiger partial charge in [-0.1, -0.05) is 43.0 Å². The third-order valence-corrected chi connectivity index (χ3v) is 10.9. The van der Waals surface area contributed by atoms with Gasteiger partial charge in [0.25, 0.3) is 0 Å². The molecular formula is C36H48ClN7O3. The molecule has 1 aliphatic carbocycles. The predicted octanol–water partition coefficient (Wildman–Crippen LogP) is 6.03. The maximum Gasteiger partial charge on any atom is 0.321 e. The first-order valence-corrected chi connectivity index (χ1v) is 17.6. The Hall–Kier alpha value is -3.63. The van der Waals surface area contributed by atoms with E-state index in [2.05, 4.69) is 25.6 Å². The van der Waals surface area contributed by atoms with Crippen LogP contribution in [0.25, 0.3) is 0 Å². The van der Waals surface area contributed by atoms with E-state index in [4.69, 9.17) is 16.3 Å². The molecular weight excluding hydrogens is 614 g/mol. The van der Waals surface area contributed by atoms with Crippen LogP contribution in [-0.4, -0.2) is 81.9 Å². The summed E-state index contributed by atoms with van der Waals surface area (Å²) in [5, 5.41) is 11.9. The zero-order chi connectivity index (χ0) is 32.6. The Morgan fingerprint density at radius 3 is 2.28 bits per heavy atom. The summed E-state index contributed by atoms with van der Waals surface area (Å²) in [6.45, 7) is 3.63. The zero-order valence-electron chi connectivity index (χ0n) is 27.5. The third kappa shape index (κ3) is 8.46. The fraction of sp³-hybridized carbons (Fsp3) is 0.556. The van der Waals surface area contributed by atoms with E-state index in [9.17, 15) is 9.59 Å². The number of piperidine rings is 2. The van der Waals surface area contributed by atoms with E-state index in [1.807, 2.05) is 64.4 Å². The Morgan fingerprint density at radius 1 is 0.936 bits per heavy atom. The van der Waals surface area contributed by atoms with Crippen molar-refractivity contribution >= 4 is 29.2 Å². The fourth-order valence-corrected chi connectivity index (χ4v) is 8.05. The number of hydrogen-bond donors (Lipinski definition) is 2. The lowest BCUT2D eigenvalue weighted by Gasteiger charge is -2.48. The molecule has 6 rings (SSSR count). The molecule has 2 saturated heterocycles. The van der Waals surface area contributed by atoms with Crippen molar-refractivity contribution in [2.75, 3.05) is 38.6 Å². The van der Waals surface area contributed by atoms with E-state index in [1.165, 1.54) is 32.1 Å². The number of halogens is 1. The number of methoxy groups -OCH3 is 1. The van der Waals surface area contributed by atoms with Gasteiger partial charge in [-0.2, -0.15) is 5.10 Å². The van der Waals surface area contributed by atoms with Crippen LogP contribution in [0.5, 0.6) is 5.75 Å². The van der Waals surface area contributed by atoms with Gasteiger partial charge in [0.2, 0.25) is 5.91 Å². The summed E-state index contributed by atoms with van der Waals surface area (Å²) < 4.78 is 7.22. The Morgan fingerprint density at radius 2 is 1.64 bits per heavy atom. The van der Waals surface area contributed by atoms with Gasteiger partial charge < -0.3 is 25.2 Å². The number of anilines is 1. The smallest absolute Gasteiger partial charge is 0.321 e. The summed E-state index contributed by atoms with van der Waals surface area (Å²) >= 11 is 6.19. The second-order valence-corrected chi connectivity index (χ2v) is 14.0. The minimum atomic E-state index is -0.349. The van der Waals surface area contributed by atoms with Crippen LogP contribution in [0, 0.1) is 11.3 Å². The molecule has 3 amide bonds. The second-order valence-electron chi connectivity index (χ2n) is 13.6. The number of amides is 3. The maximum atomic E-state index is 14.3. The molecule has 2 aliphatic heterocycles. The minimum Gasteiger partial charge on any atom is -0.497 e. The number of likely N-dealkylation sites (tertiary alicyclic amines) is 2. The maximum absolute atomic E-state index is 14.3. The first-order valence-electron chi connectivity index (χ1n) is 17.2. The highest BCUT2D eigenvalue weighted by Crippen LogP contribution is 2.47. The number of hydrogen-bond acceptors (Lipinski definition) is 6. The summed E-state index contributed by atoms with van der Waals surface area (Å²) in [5.41, 5.74) is 1.96. The molecule has 0 spiro atoms. The number of nitrogens with zero attached hydrogens (tertiary/aromatic N) is 5. The van der Waals surface area contributed by atoms with Gasteiger partial charge in [0.05, 0.1) is 13.2 Å². The van der Waals surface area contributed by atoms with Gasteiger partial charge in [-0.05, 0) is 98.2 Å². The van der Waals surface area contributed by atoms with Crippen LogP contribution >= 0.6 is 11.6 Å². The summed E-state index contributed by atoms with van der Waals surface area (Å²) in [6, 6.07) is 14.8. The average molecular weight is 662 g/mol. The molecule has 2 N–H and O–H groups in total. The van der Waals surface area contributed by atoms with Gasteiger partial charge >= 0.3 is 6.03 Å². The van der Waals surface area contributed by atoms with Crippen molar-refractivity contribution in [3.05, 3.63) is 71.8 Å². The molecule has 2 aromatic carbocycles. The first kappa shape index (κ1) is 33.3. The molecule has 1 atom stereocenters. The number of benzene rings is 2. The van der Waals surface area contributed by atoms with Gasteiger partial charge in [0, 0.05) is 49.5 Å². The van der Waals surface area contributed by atoms with Crippen LogP contribution in [-0.2, 0) is 17.8 Å². The molecule has 252 valence electrons. The highest BCUT2D eigenvalue weighted by molar-refractivity contribution is 6.30. The van der Waals surface area contributed by atoms with Crippen molar-refractivity contribution in [2.24, 2.45) is 11.3 Å². The molecule has 0 unspecified atom stereocenters. The van der Waals surface area contributed by atoms with Crippen LogP contribution in [0.15, 0.2) is 61.2 Å². The van der Waals surface area contributed by atoms with Crippen molar-refractivity contribution in [1.82, 2.24) is 29.9 Å². The molecule has 10 nitrogen and oxygen atoms in total. The van der Waals surface area contributed by atoms with Gasteiger partial charge in [0.1, 0.15) is 18.4 Å². The van der Waals surface area contributed by atoms with Crippen LogP contribution in [0.2, 0.25) is 5.02 Å². The number of urea groups is 1. The molecule has 0 bridgehead atoms. The molecule has 1 saturated carbocycles. The summed E-state index contributed by atoms with van der Waals surface area (Å²) in [7, 11) is 1.62. The first-order chi connectivity index (χ1) is 22.9.